The fraction of sp³-hybridized carbons (Fsp3) is 0.375. The second-order valence-corrected chi connectivity index (χ2v) is 8.62. The summed E-state index contributed by atoms with van der Waals surface area (Å²) < 4.78 is 0. The van der Waals surface area contributed by atoms with Crippen LogP contribution < -0.4 is 10.2 Å². The average molecular weight is 431 g/mol. The normalized spacial score (nSPS) is 18.5. The molecular weight excluding hydrogens is 404 g/mol. The average Bonchev–Trinajstić information content (AvgIpc) is 3.25. The van der Waals surface area contributed by atoms with E-state index in [1.807, 2.05) is 18.2 Å². The second kappa shape index (κ2) is 8.63. The Kier molecular flexibility index (Phi) is 5.53. The number of aromatic hydroxyl groups is 1. The molecule has 0 bridgehead atoms. The third-order valence-corrected chi connectivity index (χ3v) is 6.36. The lowest BCUT2D eigenvalue weighted by Crippen LogP contribution is -2.43. The quantitative estimate of drug-likeness (QED) is 0.575. The summed E-state index contributed by atoms with van der Waals surface area (Å²) in [7, 11) is 0. The molecule has 5 rings (SSSR count). The molecule has 2 fully saturated rings. The highest BCUT2D eigenvalue weighted by molar-refractivity contribution is 5.93. The van der Waals surface area contributed by atoms with E-state index in [-0.39, 0.29) is 11.5 Å². The van der Waals surface area contributed by atoms with E-state index in [2.05, 4.69) is 30.6 Å². The van der Waals surface area contributed by atoms with E-state index >= 15 is 0 Å². The summed E-state index contributed by atoms with van der Waals surface area (Å²) in [5.74, 6) is 0.803. The van der Waals surface area contributed by atoms with E-state index in [1.54, 1.807) is 24.4 Å². The maximum absolute atomic E-state index is 11.6. The number of ketones is 1. The molecule has 1 aliphatic carbocycles. The van der Waals surface area contributed by atoms with Crippen molar-refractivity contribution in [3.63, 3.8) is 0 Å². The summed E-state index contributed by atoms with van der Waals surface area (Å²) in [6, 6.07) is 12.0. The molecule has 32 heavy (non-hydrogen) atoms. The molecule has 164 valence electrons. The highest BCUT2D eigenvalue weighted by Gasteiger charge is 2.27. The van der Waals surface area contributed by atoms with Crippen molar-refractivity contribution in [3.8, 4) is 28.1 Å². The molecule has 1 saturated carbocycles. The van der Waals surface area contributed by atoms with E-state index in [9.17, 15) is 9.90 Å². The van der Waals surface area contributed by atoms with Gasteiger partial charge in [0.1, 0.15) is 11.4 Å². The van der Waals surface area contributed by atoms with Crippen molar-refractivity contribution in [2.45, 2.75) is 44.7 Å². The lowest BCUT2D eigenvalue weighted by Gasteiger charge is -2.29. The molecule has 0 amide bonds. The Hall–Kier alpha value is -3.39. The lowest BCUT2D eigenvalue weighted by atomic mass is 9.92. The topological polar surface area (TPSA) is 104 Å². The van der Waals surface area contributed by atoms with Gasteiger partial charge in [0.2, 0.25) is 0 Å². The Morgan fingerprint density at radius 2 is 1.91 bits per heavy atom. The van der Waals surface area contributed by atoms with Crippen molar-refractivity contribution in [1.82, 2.24) is 25.7 Å². The largest absolute Gasteiger partial charge is 0.507 e. The van der Waals surface area contributed by atoms with Crippen LogP contribution in [0.5, 0.6) is 5.75 Å². The second-order valence-electron chi connectivity index (χ2n) is 8.62. The predicted molar refractivity (Wildman–Crippen MR) is 122 cm³/mol. The zero-order chi connectivity index (χ0) is 22.1. The zero-order valence-electron chi connectivity index (χ0n) is 18.0. The number of aromatic nitrogens is 4. The van der Waals surface area contributed by atoms with Gasteiger partial charge in [0, 0.05) is 43.2 Å². The van der Waals surface area contributed by atoms with Gasteiger partial charge in [0.15, 0.2) is 11.6 Å². The zero-order valence-corrected chi connectivity index (χ0v) is 18.0. The molecule has 1 unspecified atom stereocenters. The van der Waals surface area contributed by atoms with E-state index in [0.29, 0.717) is 34.6 Å². The van der Waals surface area contributed by atoms with E-state index in [4.69, 9.17) is 0 Å². The first-order valence-electron chi connectivity index (χ1n) is 11.1. The van der Waals surface area contributed by atoms with Crippen LogP contribution in [-0.2, 0) is 0 Å². The molecule has 3 heterocycles. The summed E-state index contributed by atoms with van der Waals surface area (Å²) in [5, 5.41) is 30.9. The highest BCUT2D eigenvalue weighted by Crippen LogP contribution is 2.33. The minimum Gasteiger partial charge on any atom is -0.507 e. The predicted octanol–water partition coefficient (Wildman–Crippen LogP) is 3.23. The number of phenols is 1. The summed E-state index contributed by atoms with van der Waals surface area (Å²) in [5.41, 5.74) is 2.97. The lowest BCUT2D eigenvalue weighted by molar-refractivity contribution is 0.101. The van der Waals surface area contributed by atoms with E-state index in [0.717, 1.165) is 30.9 Å². The van der Waals surface area contributed by atoms with Gasteiger partial charge in [-0.25, -0.2) is 0 Å². The van der Waals surface area contributed by atoms with Crippen LogP contribution in [0.2, 0.25) is 0 Å². The number of carbonyl (C=O) groups is 1. The maximum Gasteiger partial charge on any atom is 0.180 e. The van der Waals surface area contributed by atoms with Crippen molar-refractivity contribution in [3.05, 3.63) is 48.3 Å². The van der Waals surface area contributed by atoms with Crippen molar-refractivity contribution >= 4 is 11.6 Å². The number of rotatable bonds is 6. The first-order chi connectivity index (χ1) is 15.6. The third-order valence-electron chi connectivity index (χ3n) is 6.36. The number of phenolic OH excluding ortho intramolecular Hbond substituents is 1. The number of carbonyl (C=O) groups excluding carboxylic acids is 1. The van der Waals surface area contributed by atoms with Gasteiger partial charge in [-0.2, -0.15) is 5.10 Å². The molecule has 1 atom stereocenters. The molecule has 0 radical (unpaired) electrons. The Balaban J connectivity index is 1.30. The first-order valence-corrected chi connectivity index (χ1v) is 11.1. The van der Waals surface area contributed by atoms with Crippen LogP contribution in [0.1, 0.15) is 43.1 Å². The minimum atomic E-state index is -0.154. The molecule has 3 aromatic rings. The van der Waals surface area contributed by atoms with Crippen LogP contribution in [0.25, 0.3) is 22.4 Å². The fourth-order valence-corrected chi connectivity index (χ4v) is 4.27. The molecule has 2 aliphatic rings. The Morgan fingerprint density at radius 3 is 2.59 bits per heavy atom. The number of nitrogens with one attached hydrogen (secondary N) is 1. The Bertz CT molecular complexity index is 1130. The smallest absolute Gasteiger partial charge is 0.180 e. The van der Waals surface area contributed by atoms with E-state index in [1.165, 1.54) is 26.2 Å². The number of hydrogen-bond acceptors (Lipinski definition) is 8. The van der Waals surface area contributed by atoms with Gasteiger partial charge in [-0.05, 0) is 55.2 Å². The van der Waals surface area contributed by atoms with Crippen LogP contribution in [0.15, 0.2) is 42.6 Å². The third kappa shape index (κ3) is 4.18. The highest BCUT2D eigenvalue weighted by atomic mass is 16.3. The van der Waals surface area contributed by atoms with Crippen LogP contribution >= 0.6 is 0 Å². The van der Waals surface area contributed by atoms with Crippen molar-refractivity contribution in [2.75, 3.05) is 18.0 Å². The SMILES string of the molecule is CC(=O)c1cc(-c2ccc(-c3ccc(N4CCC(NC5CCC5)C4)nn3)c(O)c2)cnn1. The molecule has 1 saturated heterocycles. The molecule has 8 heteroatoms. The van der Waals surface area contributed by atoms with Gasteiger partial charge in [-0.1, -0.05) is 12.5 Å². The van der Waals surface area contributed by atoms with Crippen molar-refractivity contribution in [2.24, 2.45) is 0 Å². The fourth-order valence-electron chi connectivity index (χ4n) is 4.27. The van der Waals surface area contributed by atoms with Crippen LogP contribution in [-0.4, -0.2) is 56.5 Å². The van der Waals surface area contributed by atoms with E-state index < -0.39 is 0 Å². The summed E-state index contributed by atoms with van der Waals surface area (Å²) >= 11 is 0. The molecule has 0 spiro atoms. The monoisotopic (exact) mass is 430 g/mol. The number of nitrogens with zero attached hydrogens (tertiary/aromatic N) is 5. The molecular formula is C24H26N6O2. The molecule has 2 aromatic heterocycles. The van der Waals surface area contributed by atoms with Crippen molar-refractivity contribution in [1.29, 1.82) is 0 Å². The van der Waals surface area contributed by atoms with Gasteiger partial charge < -0.3 is 15.3 Å². The Morgan fingerprint density at radius 1 is 1.03 bits per heavy atom. The summed E-state index contributed by atoms with van der Waals surface area (Å²) in [6.45, 7) is 3.37. The van der Waals surface area contributed by atoms with Crippen molar-refractivity contribution < 1.29 is 9.90 Å². The molecule has 2 N–H and O–H groups in total. The van der Waals surface area contributed by atoms with Gasteiger partial charge in [0.25, 0.3) is 0 Å². The number of hydrogen-bond donors (Lipinski definition) is 2. The molecule has 1 aromatic carbocycles. The summed E-state index contributed by atoms with van der Waals surface area (Å²) in [6.07, 6.45) is 6.62. The van der Waals surface area contributed by atoms with Gasteiger partial charge in [0.05, 0.1) is 11.9 Å². The number of Topliss-reactive ketones (excluding diaryl/α,β-unsaturated/α-hetero) is 1. The minimum absolute atomic E-state index is 0.0941. The summed E-state index contributed by atoms with van der Waals surface area (Å²) in [4.78, 5) is 13.8. The first kappa shape index (κ1) is 20.5. The number of anilines is 1. The number of benzene rings is 1. The molecule has 1 aliphatic heterocycles. The standard InChI is InChI=1S/C24H26N6O2/c1-15(31)22-11-17(13-25-27-22)16-5-6-20(23(32)12-16)21-7-8-24(29-28-21)30-10-9-19(14-30)26-18-3-2-4-18/h5-8,11-13,18-19,26,32H,2-4,9-10,14H2,1H3. The Labute approximate surface area is 186 Å². The van der Waals surface area contributed by atoms with Crippen LogP contribution in [0.4, 0.5) is 5.82 Å². The maximum atomic E-state index is 11.6. The van der Waals surface area contributed by atoms with Crippen LogP contribution in [0.3, 0.4) is 0 Å². The van der Waals surface area contributed by atoms with Gasteiger partial charge in [-0.15, -0.1) is 15.3 Å². The van der Waals surface area contributed by atoms with Crippen LogP contribution in [0, 0.1) is 0 Å². The molecule has 8 nitrogen and oxygen atoms in total. The van der Waals surface area contributed by atoms with Gasteiger partial charge in [-0.3, -0.25) is 4.79 Å². The van der Waals surface area contributed by atoms with Gasteiger partial charge >= 0.3 is 0 Å².